The van der Waals surface area contributed by atoms with Gasteiger partial charge in [-0.1, -0.05) is 60.4 Å². The molecule has 1 saturated heterocycles. The fourth-order valence-electron chi connectivity index (χ4n) is 3.62. The Morgan fingerprint density at radius 1 is 0.914 bits per heavy atom. The van der Waals surface area contributed by atoms with Crippen LogP contribution in [-0.2, 0) is 4.79 Å². The first-order chi connectivity index (χ1) is 17.0. The molecule has 0 bridgehead atoms. The summed E-state index contributed by atoms with van der Waals surface area (Å²) < 4.78 is 17.9. The Labute approximate surface area is 215 Å². The molecule has 4 rings (SSSR count). The Bertz CT molecular complexity index is 1260. The number of aryl methyl sites for hydroxylation is 1. The normalized spacial score (nSPS) is 14.5. The molecule has 180 valence electrons. The van der Waals surface area contributed by atoms with Gasteiger partial charge in [0, 0.05) is 6.42 Å². The molecule has 1 aliphatic heterocycles. The lowest BCUT2D eigenvalue weighted by atomic mass is 10.1. The van der Waals surface area contributed by atoms with Crippen LogP contribution in [0.3, 0.4) is 0 Å². The molecule has 0 radical (unpaired) electrons. The van der Waals surface area contributed by atoms with Crippen LogP contribution < -0.4 is 19.1 Å². The molecule has 0 saturated carbocycles. The first-order valence-electron chi connectivity index (χ1n) is 11.3. The van der Waals surface area contributed by atoms with Gasteiger partial charge in [0.1, 0.15) is 5.75 Å². The molecule has 3 aromatic rings. The van der Waals surface area contributed by atoms with Crippen molar-refractivity contribution in [3.8, 4) is 17.2 Å². The highest BCUT2D eigenvalue weighted by Gasteiger charge is 2.33. The summed E-state index contributed by atoms with van der Waals surface area (Å²) in [5.41, 5.74) is 3.97. The summed E-state index contributed by atoms with van der Waals surface area (Å²) in [5, 5.41) is 0. The number of methoxy groups -OCH3 is 1. The first kappa shape index (κ1) is 24.8. The molecule has 1 amide bonds. The quantitative estimate of drug-likeness (QED) is 0.186. The molecule has 0 aliphatic carbocycles. The van der Waals surface area contributed by atoms with Gasteiger partial charge in [-0.25, -0.2) is 0 Å². The molecule has 1 heterocycles. The van der Waals surface area contributed by atoms with E-state index in [-0.39, 0.29) is 5.91 Å². The molecule has 3 aromatic carbocycles. The van der Waals surface area contributed by atoms with Crippen molar-refractivity contribution in [3.63, 3.8) is 0 Å². The number of hydrogen-bond donors (Lipinski definition) is 0. The average molecular weight is 506 g/mol. The lowest BCUT2D eigenvalue weighted by Crippen LogP contribution is -2.27. The van der Waals surface area contributed by atoms with E-state index in [0.717, 1.165) is 29.0 Å². The van der Waals surface area contributed by atoms with Crippen LogP contribution in [0.1, 0.15) is 23.1 Å². The Morgan fingerprint density at radius 3 is 2.40 bits per heavy atom. The van der Waals surface area contributed by atoms with E-state index in [1.165, 1.54) is 17.3 Å². The van der Waals surface area contributed by atoms with Gasteiger partial charge in [0.2, 0.25) is 0 Å². The van der Waals surface area contributed by atoms with Crippen molar-refractivity contribution >= 4 is 46.0 Å². The molecule has 0 aromatic heterocycles. The Balaban J connectivity index is 1.37. The zero-order valence-electron chi connectivity index (χ0n) is 19.9. The Morgan fingerprint density at radius 2 is 1.66 bits per heavy atom. The summed E-state index contributed by atoms with van der Waals surface area (Å²) in [6.45, 7) is 5.20. The van der Waals surface area contributed by atoms with Crippen LogP contribution in [0.25, 0.3) is 6.08 Å². The van der Waals surface area contributed by atoms with Crippen LogP contribution in [0.15, 0.2) is 71.6 Å². The summed E-state index contributed by atoms with van der Waals surface area (Å²) >= 11 is 6.74. The fraction of sp³-hybridized carbons (Fsp3) is 0.214. The van der Waals surface area contributed by atoms with E-state index in [0.29, 0.717) is 33.9 Å². The van der Waals surface area contributed by atoms with Crippen molar-refractivity contribution in [2.75, 3.05) is 25.2 Å². The van der Waals surface area contributed by atoms with Gasteiger partial charge in [-0.2, -0.15) is 0 Å². The zero-order chi connectivity index (χ0) is 24.8. The van der Waals surface area contributed by atoms with E-state index in [2.05, 4.69) is 19.9 Å². The van der Waals surface area contributed by atoms with Gasteiger partial charge < -0.3 is 14.2 Å². The van der Waals surface area contributed by atoms with E-state index in [1.54, 1.807) is 12.0 Å². The molecular formula is C28H27NO4S2. The molecule has 35 heavy (non-hydrogen) atoms. The zero-order valence-corrected chi connectivity index (χ0v) is 21.6. The summed E-state index contributed by atoms with van der Waals surface area (Å²) in [5.74, 6) is 2.03. The standard InChI is InChI=1S/C28H27NO4S2/c1-19-9-7-12-23(20(19)2)32-15-8-16-33-24-14-13-21(17-25(24)31-3)18-26-27(30)29(28(34)35-26)22-10-5-4-6-11-22/h4-7,9-14,17-18H,8,15-16H2,1-3H3/b26-18+. The largest absolute Gasteiger partial charge is 0.493 e. The molecule has 0 spiro atoms. The smallest absolute Gasteiger partial charge is 0.270 e. The number of carbonyl (C=O) groups is 1. The summed E-state index contributed by atoms with van der Waals surface area (Å²) in [6.07, 6.45) is 2.56. The van der Waals surface area contributed by atoms with Crippen molar-refractivity contribution < 1.29 is 19.0 Å². The minimum atomic E-state index is -0.130. The molecule has 0 atom stereocenters. The molecule has 7 heteroatoms. The first-order valence-corrected chi connectivity index (χ1v) is 12.5. The average Bonchev–Trinajstić information content (AvgIpc) is 3.14. The third-order valence-corrected chi connectivity index (χ3v) is 6.95. The van der Waals surface area contributed by atoms with Gasteiger partial charge >= 0.3 is 0 Å². The van der Waals surface area contributed by atoms with Gasteiger partial charge in [0.15, 0.2) is 15.8 Å². The number of amides is 1. The van der Waals surface area contributed by atoms with Crippen LogP contribution in [0.2, 0.25) is 0 Å². The SMILES string of the molecule is COc1cc(/C=C2/SC(=S)N(c3ccccc3)C2=O)ccc1OCCCOc1cccc(C)c1C. The number of anilines is 1. The van der Waals surface area contributed by atoms with E-state index >= 15 is 0 Å². The van der Waals surface area contributed by atoms with E-state index in [1.807, 2.05) is 66.7 Å². The van der Waals surface area contributed by atoms with Crippen LogP contribution >= 0.6 is 24.0 Å². The van der Waals surface area contributed by atoms with Gasteiger partial charge in [-0.05, 0) is 66.9 Å². The maximum atomic E-state index is 13.0. The predicted octanol–water partition coefficient (Wildman–Crippen LogP) is 6.57. The lowest BCUT2D eigenvalue weighted by Gasteiger charge is -2.14. The topological polar surface area (TPSA) is 48.0 Å². The van der Waals surface area contributed by atoms with Crippen molar-refractivity contribution in [1.29, 1.82) is 0 Å². The van der Waals surface area contributed by atoms with Gasteiger partial charge in [0.05, 0.1) is 30.9 Å². The monoisotopic (exact) mass is 505 g/mol. The van der Waals surface area contributed by atoms with Crippen LogP contribution in [0, 0.1) is 13.8 Å². The molecule has 0 N–H and O–H groups in total. The van der Waals surface area contributed by atoms with Gasteiger partial charge in [0.25, 0.3) is 5.91 Å². The number of hydrogen-bond acceptors (Lipinski definition) is 6. The third-order valence-electron chi connectivity index (χ3n) is 5.65. The van der Waals surface area contributed by atoms with Crippen LogP contribution in [-0.4, -0.2) is 30.6 Å². The second-order valence-electron chi connectivity index (χ2n) is 8.01. The van der Waals surface area contributed by atoms with Gasteiger partial charge in [-0.15, -0.1) is 0 Å². The maximum absolute atomic E-state index is 13.0. The number of para-hydroxylation sites is 1. The van der Waals surface area contributed by atoms with Crippen LogP contribution in [0.4, 0.5) is 5.69 Å². The maximum Gasteiger partial charge on any atom is 0.270 e. The molecule has 1 aliphatic rings. The van der Waals surface area contributed by atoms with Crippen molar-refractivity contribution in [2.24, 2.45) is 0 Å². The van der Waals surface area contributed by atoms with E-state index in [4.69, 9.17) is 26.4 Å². The number of ether oxygens (including phenoxy) is 3. The number of thiocarbonyl (C=S) groups is 1. The molecule has 1 fully saturated rings. The highest BCUT2D eigenvalue weighted by molar-refractivity contribution is 8.27. The summed E-state index contributed by atoms with van der Waals surface area (Å²) in [7, 11) is 1.60. The Kier molecular flexibility index (Phi) is 8.10. The van der Waals surface area contributed by atoms with Crippen molar-refractivity contribution in [1.82, 2.24) is 0 Å². The summed E-state index contributed by atoms with van der Waals surface area (Å²) in [6, 6.07) is 21.1. The highest BCUT2D eigenvalue weighted by atomic mass is 32.2. The third kappa shape index (κ3) is 5.86. The lowest BCUT2D eigenvalue weighted by molar-refractivity contribution is -0.113. The number of carbonyl (C=O) groups excluding carboxylic acids is 1. The highest BCUT2D eigenvalue weighted by Crippen LogP contribution is 2.37. The predicted molar refractivity (Wildman–Crippen MR) is 147 cm³/mol. The molecule has 5 nitrogen and oxygen atoms in total. The second kappa shape index (κ2) is 11.4. The molecular weight excluding hydrogens is 478 g/mol. The number of rotatable bonds is 9. The minimum Gasteiger partial charge on any atom is -0.493 e. The number of benzene rings is 3. The number of nitrogens with zero attached hydrogens (tertiary/aromatic N) is 1. The number of thioether (sulfide) groups is 1. The second-order valence-corrected chi connectivity index (χ2v) is 9.69. The van der Waals surface area contributed by atoms with E-state index < -0.39 is 0 Å². The van der Waals surface area contributed by atoms with Crippen molar-refractivity contribution in [3.05, 3.63) is 88.3 Å². The van der Waals surface area contributed by atoms with E-state index in [9.17, 15) is 4.79 Å². The van der Waals surface area contributed by atoms with Gasteiger partial charge in [-0.3, -0.25) is 9.69 Å². The van der Waals surface area contributed by atoms with Crippen molar-refractivity contribution in [2.45, 2.75) is 20.3 Å². The Hall–Kier alpha value is -3.29. The minimum absolute atomic E-state index is 0.130. The molecule has 0 unspecified atom stereocenters. The summed E-state index contributed by atoms with van der Waals surface area (Å²) in [4.78, 5) is 15.1. The fourth-order valence-corrected chi connectivity index (χ4v) is 4.91. The van der Waals surface area contributed by atoms with Crippen LogP contribution in [0.5, 0.6) is 17.2 Å².